The highest BCUT2D eigenvalue weighted by Gasteiger charge is 2.21. The summed E-state index contributed by atoms with van der Waals surface area (Å²) < 4.78 is 0. The molecule has 0 radical (unpaired) electrons. The summed E-state index contributed by atoms with van der Waals surface area (Å²) in [7, 11) is 0. The molecule has 1 aliphatic carbocycles. The van der Waals surface area contributed by atoms with Gasteiger partial charge in [-0.15, -0.1) is 0 Å². The van der Waals surface area contributed by atoms with E-state index in [1.165, 1.54) is 55.9 Å². The van der Waals surface area contributed by atoms with Crippen LogP contribution in [0.25, 0.3) is 33.4 Å². The SMILES string of the molecule is CC1=CC=C(N(c2ccc(C)cc2)c2ccc(-c3cc(-c4ccc(N(c5ccc(C)cc5)c5ccc(C)cc5)cc4)cc(-c4ccc(N(c5ccc(C)cc5)c5ccc(C)cc5)cc4)c3)cc2)CC1C. The van der Waals surface area contributed by atoms with E-state index in [9.17, 15) is 0 Å². The average Bonchev–Trinajstić information content (AvgIpc) is 3.38. The van der Waals surface area contributed by atoms with Crippen molar-refractivity contribution in [3.63, 3.8) is 0 Å². The number of hydrogen-bond acceptors (Lipinski definition) is 3. The molecule has 9 aromatic carbocycles. The van der Waals surface area contributed by atoms with Crippen LogP contribution in [-0.2, 0) is 0 Å². The Hall–Kier alpha value is -8.14. The molecular formula is C67H61N3. The maximum atomic E-state index is 2.43. The molecule has 0 bridgehead atoms. The summed E-state index contributed by atoms with van der Waals surface area (Å²) in [6, 6.07) is 78.4. The van der Waals surface area contributed by atoms with Gasteiger partial charge in [0.1, 0.15) is 0 Å². The van der Waals surface area contributed by atoms with Crippen LogP contribution >= 0.6 is 0 Å². The Morgan fingerprint density at radius 3 is 0.743 bits per heavy atom. The van der Waals surface area contributed by atoms with E-state index in [0.717, 1.165) is 68.5 Å². The molecule has 0 aliphatic heterocycles. The van der Waals surface area contributed by atoms with Crippen LogP contribution in [-0.4, -0.2) is 0 Å². The third kappa shape index (κ3) is 9.88. The minimum absolute atomic E-state index is 0.484. The van der Waals surface area contributed by atoms with E-state index in [2.05, 4.69) is 288 Å². The zero-order chi connectivity index (χ0) is 48.3. The molecule has 344 valence electrons. The smallest absolute Gasteiger partial charge is 0.0462 e. The van der Waals surface area contributed by atoms with Crippen molar-refractivity contribution < 1.29 is 0 Å². The fourth-order valence-electron chi connectivity index (χ4n) is 9.48. The number of nitrogens with zero attached hydrogens (tertiary/aromatic N) is 3. The highest BCUT2D eigenvalue weighted by Crippen LogP contribution is 2.42. The third-order valence-electron chi connectivity index (χ3n) is 13.9. The van der Waals surface area contributed by atoms with E-state index in [0.29, 0.717) is 5.92 Å². The first-order valence-electron chi connectivity index (χ1n) is 24.6. The van der Waals surface area contributed by atoms with E-state index < -0.39 is 0 Å². The van der Waals surface area contributed by atoms with E-state index in [4.69, 9.17) is 0 Å². The molecule has 0 heterocycles. The van der Waals surface area contributed by atoms with Crippen LogP contribution in [0.4, 0.5) is 45.5 Å². The summed E-state index contributed by atoms with van der Waals surface area (Å²) >= 11 is 0. The number of aryl methyl sites for hydroxylation is 5. The minimum Gasteiger partial charge on any atom is -0.314 e. The van der Waals surface area contributed by atoms with Crippen molar-refractivity contribution in [2.24, 2.45) is 5.92 Å². The highest BCUT2D eigenvalue weighted by atomic mass is 15.2. The van der Waals surface area contributed by atoms with E-state index in [-0.39, 0.29) is 0 Å². The lowest BCUT2D eigenvalue weighted by Gasteiger charge is -2.32. The van der Waals surface area contributed by atoms with Gasteiger partial charge in [-0.2, -0.15) is 0 Å². The first-order chi connectivity index (χ1) is 34.0. The molecule has 9 aromatic rings. The van der Waals surface area contributed by atoms with Gasteiger partial charge in [-0.3, -0.25) is 0 Å². The van der Waals surface area contributed by atoms with Gasteiger partial charge in [0, 0.05) is 51.2 Å². The number of rotatable bonds is 12. The summed E-state index contributed by atoms with van der Waals surface area (Å²) in [5.74, 6) is 0.484. The van der Waals surface area contributed by atoms with Crippen molar-refractivity contribution in [2.75, 3.05) is 14.7 Å². The fraction of sp³-hybridized carbons (Fsp3) is 0.134. The van der Waals surface area contributed by atoms with Crippen LogP contribution in [0.3, 0.4) is 0 Å². The van der Waals surface area contributed by atoms with Gasteiger partial charge in [-0.05, 0) is 209 Å². The second-order valence-corrected chi connectivity index (χ2v) is 19.3. The topological polar surface area (TPSA) is 9.72 Å². The summed E-state index contributed by atoms with van der Waals surface area (Å²) in [5, 5.41) is 0. The van der Waals surface area contributed by atoms with Crippen LogP contribution in [0.5, 0.6) is 0 Å². The van der Waals surface area contributed by atoms with Gasteiger partial charge in [-0.1, -0.05) is 143 Å². The predicted molar refractivity (Wildman–Crippen MR) is 300 cm³/mol. The Labute approximate surface area is 416 Å². The number of allylic oxidation sites excluding steroid dienone is 4. The highest BCUT2D eigenvalue weighted by molar-refractivity contribution is 5.85. The maximum absolute atomic E-state index is 2.43. The lowest BCUT2D eigenvalue weighted by molar-refractivity contribution is 0.653. The number of benzene rings is 9. The molecular weight excluding hydrogens is 847 g/mol. The van der Waals surface area contributed by atoms with Crippen molar-refractivity contribution >= 4 is 45.5 Å². The molecule has 0 saturated heterocycles. The van der Waals surface area contributed by atoms with Gasteiger partial charge < -0.3 is 14.7 Å². The Bertz CT molecular complexity index is 3040. The number of hydrogen-bond donors (Lipinski definition) is 0. The van der Waals surface area contributed by atoms with Crippen molar-refractivity contribution in [1.29, 1.82) is 0 Å². The summed E-state index contributed by atoms with van der Waals surface area (Å²) in [6.45, 7) is 15.3. The van der Waals surface area contributed by atoms with Gasteiger partial charge >= 0.3 is 0 Å². The standard InChI is InChI=1S/C67H61N3/c1-46-8-25-59(26-9-46)68(60-27-10-47(2)11-28-60)64-36-19-53(20-37-64)56-43-57(54-21-38-65(39-22-54)69(61-29-12-48(3)13-30-61)62-31-14-49(4)15-32-62)45-58(44-56)55-23-40-66(41-24-55)70(63-33-16-50(5)17-34-63)67-35-18-51(6)52(7)42-67/h8-41,43-45,52H,42H2,1-7H3. The van der Waals surface area contributed by atoms with Crippen molar-refractivity contribution in [2.45, 2.75) is 54.9 Å². The van der Waals surface area contributed by atoms with E-state index >= 15 is 0 Å². The Kier molecular flexibility index (Phi) is 12.9. The summed E-state index contributed by atoms with van der Waals surface area (Å²) in [6.07, 6.45) is 5.58. The molecule has 0 N–H and O–H groups in total. The number of anilines is 8. The van der Waals surface area contributed by atoms with Crippen molar-refractivity contribution in [3.05, 3.63) is 264 Å². The molecule has 1 unspecified atom stereocenters. The first kappa shape index (κ1) is 45.6. The van der Waals surface area contributed by atoms with Gasteiger partial charge in [-0.25, -0.2) is 0 Å². The second-order valence-electron chi connectivity index (χ2n) is 19.3. The van der Waals surface area contributed by atoms with Crippen molar-refractivity contribution in [1.82, 2.24) is 0 Å². The molecule has 1 aliphatic rings. The maximum Gasteiger partial charge on any atom is 0.0462 e. The zero-order valence-corrected chi connectivity index (χ0v) is 41.5. The fourth-order valence-corrected chi connectivity index (χ4v) is 9.48. The predicted octanol–water partition coefficient (Wildman–Crippen LogP) is 19.2. The Morgan fingerprint density at radius 2 is 0.500 bits per heavy atom. The van der Waals surface area contributed by atoms with Crippen LogP contribution in [0.1, 0.15) is 48.1 Å². The molecule has 0 saturated carbocycles. The normalized spacial score (nSPS) is 13.3. The molecule has 0 fully saturated rings. The zero-order valence-electron chi connectivity index (χ0n) is 41.5. The van der Waals surface area contributed by atoms with Crippen LogP contribution in [0.15, 0.2) is 236 Å². The molecule has 3 heteroatoms. The van der Waals surface area contributed by atoms with Crippen molar-refractivity contribution in [3.8, 4) is 33.4 Å². The average molecular weight is 908 g/mol. The van der Waals surface area contributed by atoms with E-state index in [1.54, 1.807) is 0 Å². The van der Waals surface area contributed by atoms with Crippen LogP contribution in [0, 0.1) is 40.5 Å². The van der Waals surface area contributed by atoms with Gasteiger partial charge in [0.05, 0.1) is 0 Å². The van der Waals surface area contributed by atoms with E-state index in [1.807, 2.05) is 0 Å². The molecule has 3 nitrogen and oxygen atoms in total. The third-order valence-corrected chi connectivity index (χ3v) is 13.9. The van der Waals surface area contributed by atoms with Crippen LogP contribution in [0.2, 0.25) is 0 Å². The molecule has 1 atom stereocenters. The van der Waals surface area contributed by atoms with Gasteiger partial charge in [0.2, 0.25) is 0 Å². The molecule has 0 spiro atoms. The Balaban J connectivity index is 1.06. The van der Waals surface area contributed by atoms with Gasteiger partial charge in [0.25, 0.3) is 0 Å². The van der Waals surface area contributed by atoms with Gasteiger partial charge in [0.15, 0.2) is 0 Å². The Morgan fingerprint density at radius 1 is 0.271 bits per heavy atom. The monoisotopic (exact) mass is 907 g/mol. The lowest BCUT2D eigenvalue weighted by Crippen LogP contribution is -2.20. The quantitative estimate of drug-likeness (QED) is 0.121. The lowest BCUT2D eigenvalue weighted by atomic mass is 9.91. The minimum atomic E-state index is 0.484. The summed E-state index contributed by atoms with van der Waals surface area (Å²) in [4.78, 5) is 7.11. The summed E-state index contributed by atoms with van der Waals surface area (Å²) in [5.41, 5.74) is 25.0. The molecule has 10 rings (SSSR count). The molecule has 70 heavy (non-hydrogen) atoms. The molecule has 0 aromatic heterocycles. The first-order valence-corrected chi connectivity index (χ1v) is 24.6. The van der Waals surface area contributed by atoms with Crippen LogP contribution < -0.4 is 14.7 Å². The largest absolute Gasteiger partial charge is 0.314 e. The molecule has 0 amide bonds. The second kappa shape index (κ2) is 19.8.